The van der Waals surface area contributed by atoms with Crippen molar-refractivity contribution in [1.29, 1.82) is 0 Å². The molecule has 0 rings (SSSR count). The van der Waals surface area contributed by atoms with Crippen LogP contribution in [-0.2, 0) is 14.6 Å². The SMILES string of the molecule is CCNC(=NCCCOC(C)C)NC(C)CCS(C)(=O)=O.I. The maximum atomic E-state index is 11.2. The highest BCUT2D eigenvalue weighted by Gasteiger charge is 2.09. The second-order valence-corrected chi connectivity index (χ2v) is 7.76. The number of hydrogen-bond donors (Lipinski definition) is 2. The molecule has 134 valence electrons. The Hall–Kier alpha value is -0.0900. The summed E-state index contributed by atoms with van der Waals surface area (Å²) in [6.45, 7) is 10.1. The van der Waals surface area contributed by atoms with E-state index < -0.39 is 9.84 Å². The molecule has 0 aromatic carbocycles. The lowest BCUT2D eigenvalue weighted by molar-refractivity contribution is 0.0782. The number of sulfone groups is 1. The third-order valence-electron chi connectivity index (χ3n) is 2.67. The Morgan fingerprint density at radius 2 is 1.91 bits per heavy atom. The van der Waals surface area contributed by atoms with Crippen LogP contribution in [-0.4, -0.2) is 58.2 Å². The molecule has 0 aliphatic heterocycles. The number of aliphatic imine (C=N–C) groups is 1. The van der Waals surface area contributed by atoms with Gasteiger partial charge in [0.05, 0.1) is 11.9 Å². The molecule has 0 spiro atoms. The second-order valence-electron chi connectivity index (χ2n) is 5.50. The fourth-order valence-electron chi connectivity index (χ4n) is 1.59. The molecule has 2 N–H and O–H groups in total. The number of nitrogens with zero attached hydrogens (tertiary/aromatic N) is 1. The third kappa shape index (κ3) is 16.3. The van der Waals surface area contributed by atoms with Crippen molar-refractivity contribution in [2.45, 2.75) is 52.7 Å². The van der Waals surface area contributed by atoms with E-state index in [1.807, 2.05) is 27.7 Å². The molecule has 1 unspecified atom stereocenters. The normalized spacial score (nSPS) is 13.6. The van der Waals surface area contributed by atoms with E-state index >= 15 is 0 Å². The molecular weight excluding hydrogens is 417 g/mol. The Kier molecular flexibility index (Phi) is 14.7. The highest BCUT2D eigenvalue weighted by molar-refractivity contribution is 14.0. The quantitative estimate of drug-likeness (QED) is 0.230. The molecule has 0 bridgehead atoms. The van der Waals surface area contributed by atoms with Gasteiger partial charge in [-0.2, -0.15) is 0 Å². The van der Waals surface area contributed by atoms with Crippen LogP contribution in [0.5, 0.6) is 0 Å². The molecule has 6 nitrogen and oxygen atoms in total. The van der Waals surface area contributed by atoms with Gasteiger partial charge in [0, 0.05) is 32.0 Å². The lowest BCUT2D eigenvalue weighted by Gasteiger charge is -2.17. The van der Waals surface area contributed by atoms with Crippen molar-refractivity contribution < 1.29 is 13.2 Å². The first kappa shape index (κ1) is 24.2. The van der Waals surface area contributed by atoms with E-state index in [9.17, 15) is 8.42 Å². The lowest BCUT2D eigenvalue weighted by atomic mass is 10.3. The molecule has 0 amide bonds. The van der Waals surface area contributed by atoms with Gasteiger partial charge in [0.1, 0.15) is 9.84 Å². The molecule has 0 radical (unpaired) electrons. The maximum Gasteiger partial charge on any atom is 0.191 e. The van der Waals surface area contributed by atoms with Crippen LogP contribution in [0.4, 0.5) is 0 Å². The highest BCUT2D eigenvalue weighted by atomic mass is 127. The summed E-state index contributed by atoms with van der Waals surface area (Å²) < 4.78 is 27.8. The van der Waals surface area contributed by atoms with Gasteiger partial charge in [0.15, 0.2) is 5.96 Å². The summed E-state index contributed by atoms with van der Waals surface area (Å²) in [5, 5.41) is 6.38. The number of hydrogen-bond acceptors (Lipinski definition) is 4. The summed E-state index contributed by atoms with van der Waals surface area (Å²) >= 11 is 0. The van der Waals surface area contributed by atoms with Gasteiger partial charge >= 0.3 is 0 Å². The number of rotatable bonds is 10. The van der Waals surface area contributed by atoms with Gasteiger partial charge in [0.25, 0.3) is 0 Å². The molecule has 0 aromatic heterocycles. The van der Waals surface area contributed by atoms with Crippen LogP contribution < -0.4 is 10.6 Å². The van der Waals surface area contributed by atoms with Crippen LogP contribution in [0.3, 0.4) is 0 Å². The molecule has 0 saturated heterocycles. The number of ether oxygens (including phenoxy) is 1. The van der Waals surface area contributed by atoms with E-state index in [1.165, 1.54) is 6.26 Å². The van der Waals surface area contributed by atoms with Gasteiger partial charge in [-0.3, -0.25) is 4.99 Å². The van der Waals surface area contributed by atoms with Crippen LogP contribution in [0.15, 0.2) is 4.99 Å². The topological polar surface area (TPSA) is 79.8 Å². The van der Waals surface area contributed by atoms with E-state index in [4.69, 9.17) is 4.74 Å². The first-order chi connectivity index (χ1) is 9.74. The second kappa shape index (κ2) is 13.4. The molecular formula is C14H32IN3O3S. The minimum absolute atomic E-state index is 0. The van der Waals surface area contributed by atoms with Gasteiger partial charge in [-0.25, -0.2) is 8.42 Å². The number of guanidine groups is 1. The predicted octanol–water partition coefficient (Wildman–Crippen LogP) is 1.80. The first-order valence-electron chi connectivity index (χ1n) is 7.58. The van der Waals surface area contributed by atoms with Gasteiger partial charge in [-0.05, 0) is 40.5 Å². The van der Waals surface area contributed by atoms with Gasteiger partial charge < -0.3 is 15.4 Å². The average Bonchev–Trinajstić information content (AvgIpc) is 2.35. The van der Waals surface area contributed by atoms with Crippen LogP contribution in [0.2, 0.25) is 0 Å². The van der Waals surface area contributed by atoms with Crippen molar-refractivity contribution in [2.75, 3.05) is 31.7 Å². The fourth-order valence-corrected chi connectivity index (χ4v) is 2.37. The molecule has 8 heteroatoms. The van der Waals surface area contributed by atoms with Gasteiger partial charge in [0.2, 0.25) is 0 Å². The first-order valence-corrected chi connectivity index (χ1v) is 9.64. The minimum Gasteiger partial charge on any atom is -0.379 e. The lowest BCUT2D eigenvalue weighted by Crippen LogP contribution is -2.43. The van der Waals surface area contributed by atoms with Crippen molar-refractivity contribution in [3.8, 4) is 0 Å². The van der Waals surface area contributed by atoms with Crippen molar-refractivity contribution >= 4 is 39.8 Å². The van der Waals surface area contributed by atoms with Crippen LogP contribution in [0, 0.1) is 0 Å². The van der Waals surface area contributed by atoms with Crippen LogP contribution in [0.1, 0.15) is 40.5 Å². The summed E-state index contributed by atoms with van der Waals surface area (Å²) in [4.78, 5) is 4.46. The highest BCUT2D eigenvalue weighted by Crippen LogP contribution is 1.96. The van der Waals surface area contributed by atoms with E-state index in [0.29, 0.717) is 19.6 Å². The zero-order valence-electron chi connectivity index (χ0n) is 14.4. The van der Waals surface area contributed by atoms with Gasteiger partial charge in [-0.1, -0.05) is 0 Å². The smallest absolute Gasteiger partial charge is 0.191 e. The zero-order chi connectivity index (χ0) is 16.3. The average molecular weight is 449 g/mol. The molecule has 0 aliphatic rings. The number of nitrogens with one attached hydrogen (secondary N) is 2. The predicted molar refractivity (Wildman–Crippen MR) is 104 cm³/mol. The van der Waals surface area contributed by atoms with E-state index in [2.05, 4.69) is 15.6 Å². The number of halogens is 1. The molecule has 0 heterocycles. The Morgan fingerprint density at radius 3 is 2.41 bits per heavy atom. The van der Waals surface area contributed by atoms with Gasteiger partial charge in [-0.15, -0.1) is 24.0 Å². The van der Waals surface area contributed by atoms with E-state index in [0.717, 1.165) is 18.9 Å². The monoisotopic (exact) mass is 449 g/mol. The van der Waals surface area contributed by atoms with Crippen molar-refractivity contribution in [2.24, 2.45) is 4.99 Å². The largest absolute Gasteiger partial charge is 0.379 e. The summed E-state index contributed by atoms with van der Waals surface area (Å²) in [6, 6.07) is 0.0597. The van der Waals surface area contributed by atoms with E-state index in [-0.39, 0.29) is 41.9 Å². The summed E-state index contributed by atoms with van der Waals surface area (Å²) in [5.74, 6) is 0.908. The Labute approximate surface area is 152 Å². The summed E-state index contributed by atoms with van der Waals surface area (Å²) in [6.07, 6.45) is 2.94. The molecule has 1 atom stereocenters. The van der Waals surface area contributed by atoms with Crippen LogP contribution >= 0.6 is 24.0 Å². The maximum absolute atomic E-state index is 11.2. The molecule has 0 fully saturated rings. The molecule has 22 heavy (non-hydrogen) atoms. The van der Waals surface area contributed by atoms with Crippen molar-refractivity contribution in [3.63, 3.8) is 0 Å². The zero-order valence-corrected chi connectivity index (χ0v) is 17.5. The minimum atomic E-state index is -2.92. The van der Waals surface area contributed by atoms with Crippen LogP contribution in [0.25, 0.3) is 0 Å². The fraction of sp³-hybridized carbons (Fsp3) is 0.929. The van der Waals surface area contributed by atoms with Crippen molar-refractivity contribution in [3.05, 3.63) is 0 Å². The third-order valence-corrected chi connectivity index (χ3v) is 3.65. The van der Waals surface area contributed by atoms with E-state index in [1.54, 1.807) is 0 Å². The van der Waals surface area contributed by atoms with Crippen molar-refractivity contribution in [1.82, 2.24) is 10.6 Å². The Balaban J connectivity index is 0. The Morgan fingerprint density at radius 1 is 1.27 bits per heavy atom. The summed E-state index contributed by atoms with van der Waals surface area (Å²) in [5.41, 5.74) is 0. The molecule has 0 saturated carbocycles. The molecule has 0 aromatic rings. The summed E-state index contributed by atoms with van der Waals surface area (Å²) in [7, 11) is -2.92. The Bertz CT molecular complexity index is 400. The standard InChI is InChI=1S/C14H31N3O3S.HI/c1-6-15-14(16-9-7-10-20-12(2)3)17-13(4)8-11-21(5,18)19;/h12-13H,6-11H2,1-5H3,(H2,15,16,17);1H. The molecule has 0 aliphatic carbocycles.